The molecule has 0 bridgehead atoms. The van der Waals surface area contributed by atoms with Crippen LogP contribution in [0.2, 0.25) is 0 Å². The van der Waals surface area contributed by atoms with E-state index in [1.54, 1.807) is 32.0 Å². The standard InChI is InChI=1S/C13H14N2O3/c1-13(2,8-14)15-12(16)9-3-4-10-11(7-9)18-6-5-17-10/h3-4,7H,5-6H2,1-2H3,(H,15,16). The summed E-state index contributed by atoms with van der Waals surface area (Å²) in [6, 6.07) is 6.99. The summed E-state index contributed by atoms with van der Waals surface area (Å²) in [5, 5.41) is 11.5. The summed E-state index contributed by atoms with van der Waals surface area (Å²) in [7, 11) is 0. The zero-order valence-corrected chi connectivity index (χ0v) is 10.3. The van der Waals surface area contributed by atoms with Crippen LogP contribution in [-0.4, -0.2) is 24.7 Å². The third kappa shape index (κ3) is 2.54. The summed E-state index contributed by atoms with van der Waals surface area (Å²) in [5.74, 6) is 0.888. The first-order valence-electron chi connectivity index (χ1n) is 5.65. The van der Waals surface area contributed by atoms with Gasteiger partial charge in [-0.05, 0) is 32.0 Å². The van der Waals surface area contributed by atoms with Crippen LogP contribution in [0.25, 0.3) is 0 Å². The Morgan fingerprint density at radius 2 is 2.00 bits per heavy atom. The fourth-order valence-corrected chi connectivity index (χ4v) is 1.57. The first-order chi connectivity index (χ1) is 8.52. The number of nitrogens with one attached hydrogen (secondary N) is 1. The van der Waals surface area contributed by atoms with Crippen LogP contribution in [0, 0.1) is 11.3 Å². The predicted molar refractivity (Wildman–Crippen MR) is 64.6 cm³/mol. The normalized spacial score (nSPS) is 13.6. The molecule has 18 heavy (non-hydrogen) atoms. The lowest BCUT2D eigenvalue weighted by Crippen LogP contribution is -2.42. The third-order valence-corrected chi connectivity index (χ3v) is 2.51. The van der Waals surface area contributed by atoms with E-state index in [-0.39, 0.29) is 5.91 Å². The number of nitriles is 1. The summed E-state index contributed by atoms with van der Waals surface area (Å²) >= 11 is 0. The Bertz CT molecular complexity index is 517. The number of amides is 1. The molecule has 1 aromatic rings. The SMILES string of the molecule is CC(C)(C#N)NC(=O)c1ccc2c(c1)OCCO2. The van der Waals surface area contributed by atoms with Crippen molar-refractivity contribution < 1.29 is 14.3 Å². The quantitative estimate of drug-likeness (QED) is 0.858. The molecular formula is C13H14N2O3. The van der Waals surface area contributed by atoms with Gasteiger partial charge in [-0.25, -0.2) is 0 Å². The van der Waals surface area contributed by atoms with Crippen molar-refractivity contribution in [3.8, 4) is 17.6 Å². The molecule has 1 heterocycles. The Kier molecular flexibility index (Phi) is 3.11. The number of hydrogen-bond donors (Lipinski definition) is 1. The van der Waals surface area contributed by atoms with E-state index in [9.17, 15) is 4.79 Å². The molecule has 1 aromatic carbocycles. The number of fused-ring (bicyclic) bond motifs is 1. The average molecular weight is 246 g/mol. The molecule has 5 heteroatoms. The first kappa shape index (κ1) is 12.2. The first-order valence-corrected chi connectivity index (χ1v) is 5.65. The van der Waals surface area contributed by atoms with E-state index in [0.717, 1.165) is 0 Å². The van der Waals surface area contributed by atoms with Gasteiger partial charge in [0.15, 0.2) is 11.5 Å². The molecule has 0 saturated heterocycles. The lowest BCUT2D eigenvalue weighted by Gasteiger charge is -2.20. The molecule has 94 valence electrons. The molecule has 2 rings (SSSR count). The van der Waals surface area contributed by atoms with E-state index in [4.69, 9.17) is 14.7 Å². The van der Waals surface area contributed by atoms with Crippen LogP contribution in [0.4, 0.5) is 0 Å². The smallest absolute Gasteiger partial charge is 0.252 e. The number of rotatable bonds is 2. The maximum absolute atomic E-state index is 11.9. The van der Waals surface area contributed by atoms with E-state index < -0.39 is 5.54 Å². The van der Waals surface area contributed by atoms with Gasteiger partial charge >= 0.3 is 0 Å². The van der Waals surface area contributed by atoms with Crippen LogP contribution >= 0.6 is 0 Å². The number of carbonyl (C=O) groups excluding carboxylic acids is 1. The molecule has 1 amide bonds. The van der Waals surface area contributed by atoms with Crippen LogP contribution < -0.4 is 14.8 Å². The van der Waals surface area contributed by atoms with Crippen molar-refractivity contribution in [2.75, 3.05) is 13.2 Å². The Morgan fingerprint density at radius 1 is 1.33 bits per heavy atom. The fourth-order valence-electron chi connectivity index (χ4n) is 1.57. The molecule has 0 aliphatic carbocycles. The van der Waals surface area contributed by atoms with Crippen LogP contribution in [-0.2, 0) is 0 Å². The fraction of sp³-hybridized carbons (Fsp3) is 0.385. The van der Waals surface area contributed by atoms with Crippen molar-refractivity contribution in [3.63, 3.8) is 0 Å². The number of hydrogen-bond acceptors (Lipinski definition) is 4. The summed E-state index contributed by atoms with van der Waals surface area (Å²) < 4.78 is 10.8. The molecule has 1 aliphatic rings. The molecule has 0 unspecified atom stereocenters. The van der Waals surface area contributed by atoms with Crippen molar-refractivity contribution in [1.29, 1.82) is 5.26 Å². The Hall–Kier alpha value is -2.22. The van der Waals surface area contributed by atoms with Crippen molar-refractivity contribution >= 4 is 5.91 Å². The van der Waals surface area contributed by atoms with Crippen molar-refractivity contribution in [3.05, 3.63) is 23.8 Å². The van der Waals surface area contributed by atoms with Gasteiger partial charge in [0, 0.05) is 5.56 Å². The second-order valence-corrected chi connectivity index (χ2v) is 4.55. The molecule has 1 N–H and O–H groups in total. The second-order valence-electron chi connectivity index (χ2n) is 4.55. The number of nitrogens with zero attached hydrogens (tertiary/aromatic N) is 1. The highest BCUT2D eigenvalue weighted by molar-refractivity contribution is 5.95. The van der Waals surface area contributed by atoms with Gasteiger partial charge in [-0.15, -0.1) is 0 Å². The van der Waals surface area contributed by atoms with Crippen LogP contribution in [0.15, 0.2) is 18.2 Å². The summed E-state index contributed by atoms with van der Waals surface area (Å²) in [6.07, 6.45) is 0. The molecule has 0 radical (unpaired) electrons. The van der Waals surface area contributed by atoms with Gasteiger partial charge in [0.25, 0.3) is 5.91 Å². The molecular weight excluding hydrogens is 232 g/mol. The maximum atomic E-state index is 11.9. The van der Waals surface area contributed by atoms with Gasteiger partial charge in [0.1, 0.15) is 18.8 Å². The van der Waals surface area contributed by atoms with E-state index in [2.05, 4.69) is 5.32 Å². The van der Waals surface area contributed by atoms with E-state index in [1.807, 2.05) is 6.07 Å². The minimum Gasteiger partial charge on any atom is -0.486 e. The highest BCUT2D eigenvalue weighted by Crippen LogP contribution is 2.30. The van der Waals surface area contributed by atoms with Crippen LogP contribution in [0.5, 0.6) is 11.5 Å². The summed E-state index contributed by atoms with van der Waals surface area (Å²) in [4.78, 5) is 11.9. The Labute approximate surface area is 105 Å². The van der Waals surface area contributed by atoms with E-state index >= 15 is 0 Å². The van der Waals surface area contributed by atoms with Gasteiger partial charge in [0.05, 0.1) is 6.07 Å². The van der Waals surface area contributed by atoms with Crippen molar-refractivity contribution in [2.24, 2.45) is 0 Å². The molecule has 0 fully saturated rings. The Balaban J connectivity index is 2.19. The van der Waals surface area contributed by atoms with Crippen molar-refractivity contribution in [2.45, 2.75) is 19.4 Å². The minimum atomic E-state index is -0.898. The molecule has 1 aliphatic heterocycles. The van der Waals surface area contributed by atoms with Crippen LogP contribution in [0.3, 0.4) is 0 Å². The van der Waals surface area contributed by atoms with Crippen LogP contribution in [0.1, 0.15) is 24.2 Å². The molecule has 0 spiro atoms. The average Bonchev–Trinajstić information content (AvgIpc) is 2.37. The number of benzene rings is 1. The summed E-state index contributed by atoms with van der Waals surface area (Å²) in [6.45, 7) is 4.27. The van der Waals surface area contributed by atoms with E-state index in [0.29, 0.717) is 30.3 Å². The van der Waals surface area contributed by atoms with E-state index in [1.165, 1.54) is 0 Å². The number of ether oxygens (including phenoxy) is 2. The summed E-state index contributed by atoms with van der Waals surface area (Å²) in [5.41, 5.74) is -0.452. The largest absolute Gasteiger partial charge is 0.486 e. The lowest BCUT2D eigenvalue weighted by atomic mass is 10.1. The second kappa shape index (κ2) is 4.57. The molecule has 0 saturated carbocycles. The third-order valence-electron chi connectivity index (χ3n) is 2.51. The van der Waals surface area contributed by atoms with Crippen molar-refractivity contribution in [1.82, 2.24) is 5.32 Å². The zero-order chi connectivity index (χ0) is 13.2. The highest BCUT2D eigenvalue weighted by Gasteiger charge is 2.21. The minimum absolute atomic E-state index is 0.307. The van der Waals surface area contributed by atoms with Gasteiger partial charge in [-0.3, -0.25) is 4.79 Å². The Morgan fingerprint density at radius 3 is 2.67 bits per heavy atom. The topological polar surface area (TPSA) is 71.4 Å². The van der Waals surface area contributed by atoms with Gasteiger partial charge in [-0.2, -0.15) is 5.26 Å². The zero-order valence-electron chi connectivity index (χ0n) is 10.3. The van der Waals surface area contributed by atoms with Gasteiger partial charge in [0.2, 0.25) is 0 Å². The highest BCUT2D eigenvalue weighted by atomic mass is 16.6. The van der Waals surface area contributed by atoms with Gasteiger partial charge < -0.3 is 14.8 Å². The van der Waals surface area contributed by atoms with Gasteiger partial charge in [-0.1, -0.05) is 0 Å². The molecule has 0 atom stereocenters. The molecule has 5 nitrogen and oxygen atoms in total. The number of carbonyl (C=O) groups is 1. The molecule has 0 aromatic heterocycles. The monoisotopic (exact) mass is 246 g/mol. The maximum Gasteiger partial charge on any atom is 0.252 e. The predicted octanol–water partition coefficient (Wildman–Crippen LogP) is 1.49. The lowest BCUT2D eigenvalue weighted by molar-refractivity contribution is 0.0928.